The molecule has 3 atom stereocenters. The van der Waals surface area contributed by atoms with Crippen LogP contribution in [0.2, 0.25) is 0 Å². The van der Waals surface area contributed by atoms with E-state index in [0.717, 1.165) is 5.56 Å². The lowest BCUT2D eigenvalue weighted by molar-refractivity contribution is -0.270. The number of hydrogen-bond acceptors (Lipinski definition) is 8. The number of ether oxygens (including phenoxy) is 1. The summed E-state index contributed by atoms with van der Waals surface area (Å²) in [4.78, 5) is 30.5. The Morgan fingerprint density at radius 1 is 0.686 bits per heavy atom. The molecule has 1 N–H and O–H groups in total. The summed E-state index contributed by atoms with van der Waals surface area (Å²) in [6.07, 6.45) is -1.13. The number of benzene rings is 6. The summed E-state index contributed by atoms with van der Waals surface area (Å²) in [7, 11) is -7.22. The standard InChI is InChI=1S/C41H32O8P2/c1-27(42)29-14-10-16-32(24-29)50(2,45)33-17-11-15-30(25-33)40(48-44)31-22-23-37(47-41(43)28-12-4-3-5-13-28)39(26-31)51(46)38-21-9-7-19-35(38)34-18-6-8-20-36(34)49-51/h3-26,40,44H,1-2H3. The van der Waals surface area contributed by atoms with Gasteiger partial charge in [0.1, 0.15) is 24.7 Å². The summed E-state index contributed by atoms with van der Waals surface area (Å²) in [5, 5.41) is 11.9. The molecular weight excluding hydrogens is 682 g/mol. The lowest BCUT2D eigenvalue weighted by Crippen LogP contribution is -2.28. The maximum atomic E-state index is 15.4. The van der Waals surface area contributed by atoms with Crippen LogP contribution in [0.25, 0.3) is 11.1 Å². The Labute approximate surface area is 295 Å². The van der Waals surface area contributed by atoms with Crippen molar-refractivity contribution in [3.8, 4) is 22.6 Å². The number of carbonyl (C=O) groups is 2. The van der Waals surface area contributed by atoms with Crippen LogP contribution in [0.5, 0.6) is 11.5 Å². The molecule has 0 spiro atoms. The van der Waals surface area contributed by atoms with Crippen molar-refractivity contribution in [1.29, 1.82) is 0 Å². The predicted molar refractivity (Wildman–Crippen MR) is 198 cm³/mol. The van der Waals surface area contributed by atoms with Gasteiger partial charge in [-0.1, -0.05) is 97.1 Å². The van der Waals surface area contributed by atoms with Gasteiger partial charge in [-0.15, -0.1) is 0 Å². The van der Waals surface area contributed by atoms with Gasteiger partial charge in [0.05, 0.1) is 16.2 Å². The number of carbonyl (C=O) groups excluding carboxylic acids is 2. The fourth-order valence-corrected chi connectivity index (χ4v) is 10.5. The monoisotopic (exact) mass is 714 g/mol. The van der Waals surface area contributed by atoms with Crippen molar-refractivity contribution in [2.45, 2.75) is 13.0 Å². The molecule has 6 aromatic rings. The zero-order valence-electron chi connectivity index (χ0n) is 27.6. The molecule has 0 aliphatic carbocycles. The Kier molecular flexibility index (Phi) is 9.19. The van der Waals surface area contributed by atoms with Gasteiger partial charge in [0.25, 0.3) is 0 Å². The van der Waals surface area contributed by atoms with Gasteiger partial charge < -0.3 is 13.8 Å². The molecule has 51 heavy (non-hydrogen) atoms. The van der Waals surface area contributed by atoms with E-state index in [4.69, 9.17) is 14.1 Å². The Morgan fingerprint density at radius 3 is 2.06 bits per heavy atom. The summed E-state index contributed by atoms with van der Waals surface area (Å²) < 4.78 is 41.9. The highest BCUT2D eigenvalue weighted by Gasteiger charge is 2.41. The van der Waals surface area contributed by atoms with E-state index in [1.807, 2.05) is 24.3 Å². The average Bonchev–Trinajstić information content (AvgIpc) is 3.16. The van der Waals surface area contributed by atoms with Crippen molar-refractivity contribution in [3.05, 3.63) is 168 Å². The number of Topliss-reactive ketones (excluding diaryl/α,β-unsaturated/α-hetero) is 1. The van der Waals surface area contributed by atoms with E-state index >= 15 is 4.57 Å². The largest absolute Gasteiger partial charge is 0.436 e. The normalized spacial score (nSPS) is 16.5. The first-order chi connectivity index (χ1) is 24.6. The minimum absolute atomic E-state index is 0.0129. The smallest absolute Gasteiger partial charge is 0.343 e. The summed E-state index contributed by atoms with van der Waals surface area (Å²) in [6, 6.07) is 41.1. The van der Waals surface area contributed by atoms with E-state index in [-0.39, 0.29) is 16.8 Å². The first-order valence-corrected chi connectivity index (χ1v) is 19.9. The van der Waals surface area contributed by atoms with Crippen molar-refractivity contribution in [2.24, 2.45) is 0 Å². The second-order valence-corrected chi connectivity index (χ2v) is 17.4. The number of rotatable bonds is 9. The molecule has 6 aromatic carbocycles. The van der Waals surface area contributed by atoms with Crippen LogP contribution in [-0.2, 0) is 14.0 Å². The molecule has 8 nitrogen and oxygen atoms in total. The molecule has 1 aliphatic rings. The fourth-order valence-electron chi connectivity index (χ4n) is 6.25. The molecule has 1 aliphatic heterocycles. The van der Waals surface area contributed by atoms with Crippen LogP contribution < -0.4 is 30.5 Å². The SMILES string of the molecule is CC(=O)c1cccc(P(C)(=O)c2cccc(C(OO)c3ccc(OC(=O)c4ccccc4)c(P4(=O)Oc5ccccc5-c5ccccc54)c3)c2)c1. The number of esters is 1. The van der Waals surface area contributed by atoms with Crippen molar-refractivity contribution >= 4 is 47.5 Å². The van der Waals surface area contributed by atoms with Crippen LogP contribution in [0.3, 0.4) is 0 Å². The molecule has 0 saturated heterocycles. The maximum Gasteiger partial charge on any atom is 0.343 e. The van der Waals surface area contributed by atoms with Crippen LogP contribution in [-0.4, -0.2) is 23.7 Å². The molecule has 1 heterocycles. The lowest BCUT2D eigenvalue weighted by atomic mass is 10.0. The Hall–Kier alpha value is -5.36. The van der Waals surface area contributed by atoms with Crippen molar-refractivity contribution in [1.82, 2.24) is 0 Å². The quantitative estimate of drug-likeness (QED) is 0.0401. The second kappa shape index (κ2) is 13.7. The third kappa shape index (κ3) is 6.40. The molecule has 0 radical (unpaired) electrons. The second-order valence-electron chi connectivity index (χ2n) is 12.2. The first-order valence-electron chi connectivity index (χ1n) is 16.1. The van der Waals surface area contributed by atoms with E-state index in [1.165, 1.54) is 13.0 Å². The lowest BCUT2D eigenvalue weighted by Gasteiger charge is -2.30. The van der Waals surface area contributed by atoms with Crippen LogP contribution in [0.15, 0.2) is 146 Å². The third-order valence-electron chi connectivity index (χ3n) is 8.96. The molecule has 0 bridgehead atoms. The van der Waals surface area contributed by atoms with Crippen molar-refractivity contribution in [2.75, 3.05) is 6.66 Å². The Morgan fingerprint density at radius 2 is 1.31 bits per heavy atom. The highest BCUT2D eigenvalue weighted by molar-refractivity contribution is 7.78. The molecular formula is C41H32O8P2. The average molecular weight is 715 g/mol. The summed E-state index contributed by atoms with van der Waals surface area (Å²) in [6.45, 7) is 3.07. The van der Waals surface area contributed by atoms with Crippen LogP contribution >= 0.6 is 14.5 Å². The van der Waals surface area contributed by atoms with Gasteiger partial charge in [0, 0.05) is 21.7 Å². The van der Waals surface area contributed by atoms with Crippen LogP contribution in [0.1, 0.15) is 44.9 Å². The number of hydrogen-bond donors (Lipinski definition) is 1. The highest BCUT2D eigenvalue weighted by atomic mass is 31.2. The van der Waals surface area contributed by atoms with E-state index in [9.17, 15) is 19.4 Å². The molecule has 0 fully saturated rings. The van der Waals surface area contributed by atoms with Gasteiger partial charge in [0.15, 0.2) is 5.78 Å². The van der Waals surface area contributed by atoms with Gasteiger partial charge in [0.2, 0.25) is 0 Å². The number of fused-ring (bicyclic) bond motifs is 3. The summed E-state index contributed by atoms with van der Waals surface area (Å²) in [5.74, 6) is -0.378. The molecule has 0 aromatic heterocycles. The van der Waals surface area contributed by atoms with Crippen molar-refractivity contribution in [3.63, 3.8) is 0 Å². The maximum absolute atomic E-state index is 15.4. The Bertz CT molecular complexity index is 2410. The minimum atomic E-state index is -4.02. The zero-order chi connectivity index (χ0) is 35.8. The molecule has 3 unspecified atom stereocenters. The molecule has 7 rings (SSSR count). The first kappa shape index (κ1) is 34.1. The highest BCUT2D eigenvalue weighted by Crippen LogP contribution is 2.55. The summed E-state index contributed by atoms with van der Waals surface area (Å²) in [5.41, 5.74) is 3.05. The van der Waals surface area contributed by atoms with E-state index in [1.54, 1.807) is 122 Å². The number of ketones is 1. The molecule has 0 amide bonds. The molecule has 0 saturated carbocycles. The summed E-state index contributed by atoms with van der Waals surface area (Å²) >= 11 is 0. The van der Waals surface area contributed by atoms with E-state index < -0.39 is 26.6 Å². The van der Waals surface area contributed by atoms with Gasteiger partial charge in [-0.3, -0.25) is 14.6 Å². The predicted octanol–water partition coefficient (Wildman–Crippen LogP) is 7.92. The van der Waals surface area contributed by atoms with Gasteiger partial charge in [-0.05, 0) is 78.8 Å². The van der Waals surface area contributed by atoms with E-state index in [0.29, 0.717) is 49.5 Å². The van der Waals surface area contributed by atoms with E-state index in [2.05, 4.69) is 0 Å². The van der Waals surface area contributed by atoms with Crippen LogP contribution in [0, 0.1) is 0 Å². The van der Waals surface area contributed by atoms with Crippen LogP contribution in [0.4, 0.5) is 0 Å². The third-order valence-corrected chi connectivity index (χ3v) is 13.9. The van der Waals surface area contributed by atoms with Gasteiger partial charge >= 0.3 is 13.3 Å². The Balaban J connectivity index is 1.35. The van der Waals surface area contributed by atoms with Crippen molar-refractivity contribution < 1.29 is 38.1 Å². The van der Waals surface area contributed by atoms with Gasteiger partial charge in [-0.25, -0.2) is 9.68 Å². The minimum Gasteiger partial charge on any atom is -0.436 e. The van der Waals surface area contributed by atoms with Gasteiger partial charge in [-0.2, -0.15) is 0 Å². The zero-order valence-corrected chi connectivity index (χ0v) is 29.4. The number of para-hydroxylation sites is 1. The topological polar surface area (TPSA) is 116 Å². The fraction of sp³-hybridized carbons (Fsp3) is 0.0732. The molecule has 10 heteroatoms. The molecule has 254 valence electrons.